The number of carboxylic acids is 1. The molecular weight excluding hydrogens is 316 g/mol. The van der Waals surface area contributed by atoms with Gasteiger partial charge in [0.25, 0.3) is 0 Å². The number of carbonyl (C=O) groups is 1. The van der Waals surface area contributed by atoms with Gasteiger partial charge in [-0.15, -0.1) is 0 Å². The summed E-state index contributed by atoms with van der Waals surface area (Å²) in [4.78, 5) is 20.2. The van der Waals surface area contributed by atoms with E-state index in [9.17, 15) is 15.0 Å². The molecule has 0 bridgehead atoms. The van der Waals surface area contributed by atoms with Gasteiger partial charge in [0.15, 0.2) is 0 Å². The Morgan fingerprint density at radius 2 is 1.92 bits per heavy atom. The van der Waals surface area contributed by atoms with Crippen LogP contribution in [0, 0.1) is 6.92 Å². The maximum Gasteiger partial charge on any atom is 0.335 e. The van der Waals surface area contributed by atoms with Gasteiger partial charge in [-0.3, -0.25) is 9.97 Å². The minimum atomic E-state index is -1.20. The molecule has 0 aliphatic carbocycles. The molecule has 5 heteroatoms. The van der Waals surface area contributed by atoms with Crippen molar-refractivity contribution in [2.75, 3.05) is 0 Å². The zero-order valence-corrected chi connectivity index (χ0v) is 14.4. The molecule has 0 saturated heterocycles. The molecule has 3 aromatic rings. The van der Waals surface area contributed by atoms with Crippen LogP contribution in [0.25, 0.3) is 10.9 Å². The standard InChI is InChI=1S/C20H20N2O3/c1-12-6-14-7-13(4-5-17(14)21-11-12)8-16-9-15(19(23)24)10-18(22-16)20(2,3)25/h4-7,9-11,25H,8H2,1-3H3,(H,23,24). The van der Waals surface area contributed by atoms with Crippen molar-refractivity contribution in [2.45, 2.75) is 32.8 Å². The highest BCUT2D eigenvalue weighted by Crippen LogP contribution is 2.22. The van der Waals surface area contributed by atoms with E-state index in [1.807, 2.05) is 31.3 Å². The van der Waals surface area contributed by atoms with Gasteiger partial charge in [-0.2, -0.15) is 0 Å². The summed E-state index contributed by atoms with van der Waals surface area (Å²) < 4.78 is 0. The lowest BCUT2D eigenvalue weighted by molar-refractivity contribution is 0.0686. The van der Waals surface area contributed by atoms with Gasteiger partial charge >= 0.3 is 5.97 Å². The zero-order valence-electron chi connectivity index (χ0n) is 14.4. The van der Waals surface area contributed by atoms with Crippen LogP contribution in [0.15, 0.2) is 42.6 Å². The molecule has 0 aliphatic rings. The zero-order chi connectivity index (χ0) is 18.2. The van der Waals surface area contributed by atoms with Gasteiger partial charge < -0.3 is 10.2 Å². The quantitative estimate of drug-likeness (QED) is 0.762. The fourth-order valence-corrected chi connectivity index (χ4v) is 2.73. The lowest BCUT2D eigenvalue weighted by Crippen LogP contribution is -2.19. The fraction of sp³-hybridized carbons (Fsp3) is 0.250. The maximum absolute atomic E-state index is 11.4. The molecule has 25 heavy (non-hydrogen) atoms. The number of hydrogen-bond acceptors (Lipinski definition) is 4. The van der Waals surface area contributed by atoms with E-state index in [1.54, 1.807) is 19.9 Å². The van der Waals surface area contributed by atoms with Gasteiger partial charge in [-0.25, -0.2) is 4.79 Å². The molecule has 0 atom stereocenters. The van der Waals surface area contributed by atoms with E-state index >= 15 is 0 Å². The van der Waals surface area contributed by atoms with E-state index in [4.69, 9.17) is 0 Å². The predicted molar refractivity (Wildman–Crippen MR) is 95.7 cm³/mol. The molecule has 2 heterocycles. The summed E-state index contributed by atoms with van der Waals surface area (Å²) >= 11 is 0. The third-order valence-electron chi connectivity index (χ3n) is 4.02. The smallest absolute Gasteiger partial charge is 0.335 e. The number of nitrogens with zero attached hydrogens (tertiary/aromatic N) is 2. The first kappa shape index (κ1) is 17.0. The average molecular weight is 336 g/mol. The van der Waals surface area contributed by atoms with Crippen molar-refractivity contribution in [1.29, 1.82) is 0 Å². The largest absolute Gasteiger partial charge is 0.478 e. The molecule has 128 valence electrons. The van der Waals surface area contributed by atoms with E-state index in [-0.39, 0.29) is 5.56 Å². The Bertz CT molecular complexity index is 959. The Morgan fingerprint density at radius 3 is 2.60 bits per heavy atom. The Morgan fingerprint density at radius 1 is 1.16 bits per heavy atom. The third kappa shape index (κ3) is 3.83. The van der Waals surface area contributed by atoms with Crippen LogP contribution in [0.3, 0.4) is 0 Å². The Labute approximate surface area is 146 Å². The van der Waals surface area contributed by atoms with E-state index in [0.717, 1.165) is 22.0 Å². The Hall–Kier alpha value is -2.79. The molecule has 2 aromatic heterocycles. The van der Waals surface area contributed by atoms with Crippen molar-refractivity contribution in [2.24, 2.45) is 0 Å². The lowest BCUT2D eigenvalue weighted by Gasteiger charge is -2.18. The molecule has 2 N–H and O–H groups in total. The van der Waals surface area contributed by atoms with Crippen LogP contribution in [0.1, 0.15) is 46.7 Å². The van der Waals surface area contributed by atoms with E-state index < -0.39 is 11.6 Å². The molecule has 0 radical (unpaired) electrons. The van der Waals surface area contributed by atoms with E-state index in [2.05, 4.69) is 16.0 Å². The lowest BCUT2D eigenvalue weighted by atomic mass is 9.99. The van der Waals surface area contributed by atoms with Crippen molar-refractivity contribution in [3.63, 3.8) is 0 Å². The van der Waals surface area contributed by atoms with Gasteiger partial charge in [0.2, 0.25) is 0 Å². The van der Waals surface area contributed by atoms with Gasteiger partial charge in [0.05, 0.1) is 16.8 Å². The second-order valence-corrected chi connectivity index (χ2v) is 6.81. The number of rotatable bonds is 4. The molecule has 5 nitrogen and oxygen atoms in total. The number of aromatic carboxylic acids is 1. The molecule has 3 rings (SSSR count). The number of hydrogen-bond donors (Lipinski definition) is 2. The number of benzene rings is 1. The van der Waals surface area contributed by atoms with Crippen LogP contribution < -0.4 is 0 Å². The minimum Gasteiger partial charge on any atom is -0.478 e. The number of aromatic nitrogens is 2. The Balaban J connectivity index is 2.02. The monoisotopic (exact) mass is 336 g/mol. The third-order valence-corrected chi connectivity index (χ3v) is 4.02. The van der Waals surface area contributed by atoms with Crippen molar-refractivity contribution < 1.29 is 15.0 Å². The first-order valence-corrected chi connectivity index (χ1v) is 8.05. The summed E-state index contributed by atoms with van der Waals surface area (Å²) in [5.41, 5.74) is 2.89. The minimum absolute atomic E-state index is 0.125. The first-order valence-electron chi connectivity index (χ1n) is 8.05. The highest BCUT2D eigenvalue weighted by molar-refractivity contribution is 5.88. The van der Waals surface area contributed by atoms with Gasteiger partial charge in [-0.1, -0.05) is 6.07 Å². The topological polar surface area (TPSA) is 83.3 Å². The highest BCUT2D eigenvalue weighted by Gasteiger charge is 2.21. The van der Waals surface area contributed by atoms with Crippen LogP contribution in [0.5, 0.6) is 0 Å². The molecule has 0 saturated carbocycles. The molecule has 0 amide bonds. The summed E-state index contributed by atoms with van der Waals surface area (Å²) in [7, 11) is 0. The van der Waals surface area contributed by atoms with Crippen molar-refractivity contribution >= 4 is 16.9 Å². The van der Waals surface area contributed by atoms with Crippen LogP contribution in [0.2, 0.25) is 0 Å². The van der Waals surface area contributed by atoms with Crippen molar-refractivity contribution in [3.8, 4) is 0 Å². The van der Waals surface area contributed by atoms with Gasteiger partial charge in [0.1, 0.15) is 5.60 Å². The normalized spacial score (nSPS) is 11.7. The first-order chi connectivity index (χ1) is 11.7. The van der Waals surface area contributed by atoms with Gasteiger partial charge in [0, 0.05) is 23.7 Å². The molecular formula is C20H20N2O3. The van der Waals surface area contributed by atoms with Crippen LogP contribution in [-0.4, -0.2) is 26.2 Å². The summed E-state index contributed by atoms with van der Waals surface area (Å²) in [5, 5.41) is 20.6. The molecule has 0 unspecified atom stereocenters. The van der Waals surface area contributed by atoms with Crippen molar-refractivity contribution in [3.05, 3.63) is 70.7 Å². The van der Waals surface area contributed by atoms with Crippen LogP contribution >= 0.6 is 0 Å². The summed E-state index contributed by atoms with van der Waals surface area (Å²) in [6.45, 7) is 5.18. The number of carboxylic acid groups (broad SMARTS) is 1. The van der Waals surface area contributed by atoms with Gasteiger partial charge in [-0.05, 0) is 62.2 Å². The number of aryl methyl sites for hydroxylation is 1. The molecule has 0 fully saturated rings. The van der Waals surface area contributed by atoms with Crippen LogP contribution in [0.4, 0.5) is 0 Å². The summed E-state index contributed by atoms with van der Waals surface area (Å²) in [6, 6.07) is 11.0. The number of pyridine rings is 2. The second kappa shape index (κ2) is 6.26. The Kier molecular flexibility index (Phi) is 4.27. The SMILES string of the molecule is Cc1cnc2ccc(Cc3cc(C(=O)O)cc(C(C)(C)O)n3)cc2c1. The molecule has 0 spiro atoms. The second-order valence-electron chi connectivity index (χ2n) is 6.81. The number of aliphatic hydroxyl groups is 1. The maximum atomic E-state index is 11.4. The summed E-state index contributed by atoms with van der Waals surface area (Å²) in [5.74, 6) is -1.03. The fourth-order valence-electron chi connectivity index (χ4n) is 2.73. The molecule has 0 aliphatic heterocycles. The highest BCUT2D eigenvalue weighted by atomic mass is 16.4. The van der Waals surface area contributed by atoms with E-state index in [0.29, 0.717) is 17.8 Å². The van der Waals surface area contributed by atoms with E-state index in [1.165, 1.54) is 6.07 Å². The van der Waals surface area contributed by atoms with Crippen LogP contribution in [-0.2, 0) is 12.0 Å². The number of fused-ring (bicyclic) bond motifs is 1. The van der Waals surface area contributed by atoms with Crippen molar-refractivity contribution in [1.82, 2.24) is 9.97 Å². The predicted octanol–water partition coefficient (Wildman–Crippen LogP) is 3.45. The summed E-state index contributed by atoms with van der Waals surface area (Å²) in [6.07, 6.45) is 2.31. The molecule has 1 aromatic carbocycles. The average Bonchev–Trinajstić information content (AvgIpc) is 2.53.